The summed E-state index contributed by atoms with van der Waals surface area (Å²) < 4.78 is 5.80. The second-order valence-electron chi connectivity index (χ2n) is 5.01. The minimum absolute atomic E-state index is 0.635. The average molecular weight is 217 g/mol. The van der Waals surface area contributed by atoms with Gasteiger partial charge in [-0.1, -0.05) is 18.2 Å². The predicted octanol–water partition coefficient (Wildman–Crippen LogP) is 2.48. The Bertz CT molecular complexity index is 388. The van der Waals surface area contributed by atoms with Crippen LogP contribution in [0.4, 0.5) is 0 Å². The molecule has 2 atom stereocenters. The van der Waals surface area contributed by atoms with Gasteiger partial charge in [0.15, 0.2) is 0 Å². The van der Waals surface area contributed by atoms with Crippen molar-refractivity contribution in [3.8, 4) is 5.75 Å². The summed E-state index contributed by atoms with van der Waals surface area (Å²) in [6.07, 6.45) is 3.56. The zero-order valence-corrected chi connectivity index (χ0v) is 9.83. The lowest BCUT2D eigenvalue weighted by Gasteiger charge is -2.29. The molecule has 2 heterocycles. The van der Waals surface area contributed by atoms with E-state index in [0.717, 1.165) is 19.6 Å². The van der Waals surface area contributed by atoms with Crippen molar-refractivity contribution in [3.63, 3.8) is 0 Å². The highest BCUT2D eigenvalue weighted by Crippen LogP contribution is 2.38. The van der Waals surface area contributed by atoms with E-state index in [9.17, 15) is 0 Å². The summed E-state index contributed by atoms with van der Waals surface area (Å²) in [5.41, 5.74) is 2.85. The van der Waals surface area contributed by atoms with Crippen LogP contribution in [0.1, 0.15) is 36.8 Å². The maximum atomic E-state index is 5.80. The fourth-order valence-corrected chi connectivity index (χ4v) is 2.98. The molecule has 2 aliphatic rings. The van der Waals surface area contributed by atoms with Gasteiger partial charge in [0, 0.05) is 12.5 Å². The maximum absolute atomic E-state index is 5.80. The Balaban J connectivity index is 1.91. The monoisotopic (exact) mass is 217 g/mol. The van der Waals surface area contributed by atoms with Gasteiger partial charge in [-0.25, -0.2) is 0 Å². The van der Waals surface area contributed by atoms with Crippen molar-refractivity contribution in [2.24, 2.45) is 0 Å². The number of benzene rings is 1. The van der Waals surface area contributed by atoms with Gasteiger partial charge in [-0.15, -0.1) is 0 Å². The highest BCUT2D eigenvalue weighted by atomic mass is 16.5. The molecule has 2 unspecified atom stereocenters. The zero-order valence-electron chi connectivity index (χ0n) is 9.83. The van der Waals surface area contributed by atoms with Crippen molar-refractivity contribution in [1.82, 2.24) is 5.32 Å². The summed E-state index contributed by atoms with van der Waals surface area (Å²) in [5.74, 6) is 1.88. The van der Waals surface area contributed by atoms with E-state index in [0.29, 0.717) is 12.0 Å². The van der Waals surface area contributed by atoms with E-state index in [1.165, 1.54) is 29.7 Å². The third-order valence-electron chi connectivity index (χ3n) is 3.81. The topological polar surface area (TPSA) is 21.3 Å². The molecule has 0 saturated carbocycles. The van der Waals surface area contributed by atoms with Gasteiger partial charge in [0.25, 0.3) is 0 Å². The Labute approximate surface area is 97.0 Å². The second-order valence-corrected chi connectivity index (χ2v) is 5.01. The summed E-state index contributed by atoms with van der Waals surface area (Å²) in [5, 5.41) is 3.51. The standard InChI is InChI=1S/C14H19NO/c1-10-9-12(5-7-15-10)13-4-2-3-11-6-8-16-14(11)13/h2-4,10,12,15H,5-9H2,1H3. The van der Waals surface area contributed by atoms with E-state index in [1.54, 1.807) is 0 Å². The Morgan fingerprint density at radius 3 is 3.19 bits per heavy atom. The van der Waals surface area contributed by atoms with Crippen LogP contribution in [0.25, 0.3) is 0 Å². The molecule has 0 aliphatic carbocycles. The number of para-hydroxylation sites is 1. The Morgan fingerprint density at radius 2 is 2.31 bits per heavy atom. The number of fused-ring (bicyclic) bond motifs is 1. The molecule has 1 N–H and O–H groups in total. The van der Waals surface area contributed by atoms with Crippen LogP contribution < -0.4 is 10.1 Å². The lowest BCUT2D eigenvalue weighted by Crippen LogP contribution is -2.34. The summed E-state index contributed by atoms with van der Waals surface area (Å²) in [6, 6.07) is 7.29. The molecule has 0 amide bonds. The summed E-state index contributed by atoms with van der Waals surface area (Å²) in [4.78, 5) is 0. The first kappa shape index (κ1) is 10.2. The fraction of sp³-hybridized carbons (Fsp3) is 0.571. The third-order valence-corrected chi connectivity index (χ3v) is 3.81. The van der Waals surface area contributed by atoms with Crippen LogP contribution in [0.5, 0.6) is 5.75 Å². The first-order chi connectivity index (χ1) is 7.84. The number of rotatable bonds is 1. The molecule has 1 saturated heterocycles. The van der Waals surface area contributed by atoms with Crippen LogP contribution in [0.2, 0.25) is 0 Å². The van der Waals surface area contributed by atoms with Gasteiger partial charge in [-0.2, -0.15) is 0 Å². The van der Waals surface area contributed by atoms with Crippen molar-refractivity contribution in [2.45, 2.75) is 38.1 Å². The lowest BCUT2D eigenvalue weighted by molar-refractivity contribution is 0.336. The van der Waals surface area contributed by atoms with Gasteiger partial charge in [0.1, 0.15) is 5.75 Å². The highest BCUT2D eigenvalue weighted by Gasteiger charge is 2.25. The molecular weight excluding hydrogens is 198 g/mol. The minimum Gasteiger partial charge on any atom is -0.493 e. The van der Waals surface area contributed by atoms with Crippen LogP contribution in [0.3, 0.4) is 0 Å². The van der Waals surface area contributed by atoms with Crippen LogP contribution in [-0.4, -0.2) is 19.2 Å². The van der Waals surface area contributed by atoms with Crippen molar-refractivity contribution < 1.29 is 4.74 Å². The lowest BCUT2D eigenvalue weighted by atomic mass is 9.85. The van der Waals surface area contributed by atoms with Gasteiger partial charge < -0.3 is 10.1 Å². The van der Waals surface area contributed by atoms with Crippen LogP contribution in [0.15, 0.2) is 18.2 Å². The Hall–Kier alpha value is -1.02. The number of nitrogens with one attached hydrogen (secondary N) is 1. The average Bonchev–Trinajstić information content (AvgIpc) is 2.76. The molecule has 0 radical (unpaired) electrons. The molecule has 1 fully saturated rings. The van der Waals surface area contributed by atoms with Crippen LogP contribution in [-0.2, 0) is 6.42 Å². The van der Waals surface area contributed by atoms with E-state index in [4.69, 9.17) is 4.74 Å². The van der Waals surface area contributed by atoms with Crippen molar-refractivity contribution in [2.75, 3.05) is 13.2 Å². The first-order valence-electron chi connectivity index (χ1n) is 6.32. The van der Waals surface area contributed by atoms with Crippen molar-refractivity contribution >= 4 is 0 Å². The molecule has 16 heavy (non-hydrogen) atoms. The largest absolute Gasteiger partial charge is 0.493 e. The number of ether oxygens (including phenoxy) is 1. The second kappa shape index (κ2) is 4.10. The number of hydrogen-bond acceptors (Lipinski definition) is 2. The van der Waals surface area contributed by atoms with Crippen LogP contribution >= 0.6 is 0 Å². The summed E-state index contributed by atoms with van der Waals surface area (Å²) in [7, 11) is 0. The highest BCUT2D eigenvalue weighted by molar-refractivity contribution is 5.46. The van der Waals surface area contributed by atoms with Gasteiger partial charge in [0.2, 0.25) is 0 Å². The molecule has 1 aromatic rings. The Kier molecular flexibility index (Phi) is 2.60. The number of hydrogen-bond donors (Lipinski definition) is 1. The molecular formula is C14H19NO. The van der Waals surface area contributed by atoms with Gasteiger partial charge in [-0.05, 0) is 43.4 Å². The molecule has 3 rings (SSSR count). The SMILES string of the molecule is CC1CC(c2cccc3c2OCC3)CCN1. The Morgan fingerprint density at radius 1 is 1.38 bits per heavy atom. The molecule has 86 valence electrons. The molecule has 2 aliphatic heterocycles. The van der Waals surface area contributed by atoms with E-state index in [2.05, 4.69) is 30.4 Å². The summed E-state index contributed by atoms with van der Waals surface area (Å²) >= 11 is 0. The minimum atomic E-state index is 0.635. The maximum Gasteiger partial charge on any atom is 0.126 e. The molecule has 2 heteroatoms. The van der Waals surface area contributed by atoms with Crippen LogP contribution in [0, 0.1) is 0 Å². The quantitative estimate of drug-likeness (QED) is 0.780. The van der Waals surface area contributed by atoms with Gasteiger partial charge in [-0.3, -0.25) is 0 Å². The van der Waals surface area contributed by atoms with Crippen molar-refractivity contribution in [1.29, 1.82) is 0 Å². The molecule has 2 nitrogen and oxygen atoms in total. The van der Waals surface area contributed by atoms with Crippen molar-refractivity contribution in [3.05, 3.63) is 29.3 Å². The first-order valence-corrected chi connectivity index (χ1v) is 6.32. The summed E-state index contributed by atoms with van der Waals surface area (Å²) in [6.45, 7) is 4.28. The van der Waals surface area contributed by atoms with Gasteiger partial charge >= 0.3 is 0 Å². The molecule has 0 spiro atoms. The predicted molar refractivity (Wildman–Crippen MR) is 65.1 cm³/mol. The molecule has 0 aromatic heterocycles. The van der Waals surface area contributed by atoms with Gasteiger partial charge in [0.05, 0.1) is 6.61 Å². The molecule has 1 aromatic carbocycles. The molecule has 0 bridgehead atoms. The number of piperidine rings is 1. The third kappa shape index (κ3) is 1.71. The van der Waals surface area contributed by atoms with E-state index in [1.807, 2.05) is 0 Å². The smallest absolute Gasteiger partial charge is 0.126 e. The van der Waals surface area contributed by atoms with E-state index >= 15 is 0 Å². The van der Waals surface area contributed by atoms with E-state index < -0.39 is 0 Å². The fourth-order valence-electron chi connectivity index (χ4n) is 2.98. The normalized spacial score (nSPS) is 28.6. The zero-order chi connectivity index (χ0) is 11.0. The van der Waals surface area contributed by atoms with E-state index in [-0.39, 0.29) is 0 Å².